The maximum absolute atomic E-state index is 15.8. The highest BCUT2D eigenvalue weighted by atomic mass is 19.1. The van der Waals surface area contributed by atoms with Gasteiger partial charge in [0.25, 0.3) is 5.56 Å². The Balaban J connectivity index is 1.40. The smallest absolute Gasteiger partial charge is 0.410 e. The van der Waals surface area contributed by atoms with Gasteiger partial charge in [-0.3, -0.25) is 14.4 Å². The normalized spacial score (nSPS) is 14.3. The van der Waals surface area contributed by atoms with E-state index in [1.165, 1.54) is 17.7 Å². The number of rotatable bonds is 7. The minimum absolute atomic E-state index is 0.195. The number of aryl methyl sites for hydroxylation is 1. The number of halogens is 1. The van der Waals surface area contributed by atoms with Crippen molar-refractivity contribution in [2.24, 2.45) is 7.05 Å². The first kappa shape index (κ1) is 30.1. The average Bonchev–Trinajstić information content (AvgIpc) is 3.39. The molecule has 0 N–H and O–H groups in total. The van der Waals surface area contributed by atoms with E-state index in [-0.39, 0.29) is 11.7 Å². The third-order valence-corrected chi connectivity index (χ3v) is 7.56. The minimum Gasteiger partial charge on any atom is -0.497 e. The molecule has 2 aromatic carbocycles. The molecular weight excluding hydrogens is 553 g/mol. The number of carbonyl (C=O) groups excluding carboxylic acids is 1. The van der Waals surface area contributed by atoms with Crippen LogP contribution in [0.4, 0.5) is 9.18 Å². The van der Waals surface area contributed by atoms with Crippen molar-refractivity contribution in [3.63, 3.8) is 0 Å². The topological polar surface area (TPSA) is 91.1 Å². The molecule has 4 aromatic rings. The number of fused-ring (bicyclic) bond motifs is 1. The van der Waals surface area contributed by atoms with E-state index in [4.69, 9.17) is 14.2 Å². The Bertz CT molecular complexity index is 1680. The standard InChI is InChI=1S/C32H38FN5O5/c1-32(2,3)43-31(40)37-13-11-36(12-14-37)20-26-27(33)15-22(16-28(26)42-6)25-19-35(4)30(39)29-24(25)17-34-38(29)18-21-7-9-23(41-5)10-8-21/h7-10,15-17,19H,11-14,18,20H2,1-6H3. The van der Waals surface area contributed by atoms with Crippen molar-refractivity contribution in [2.45, 2.75) is 39.5 Å². The lowest BCUT2D eigenvalue weighted by Crippen LogP contribution is -2.49. The molecule has 0 aliphatic carbocycles. The van der Waals surface area contributed by atoms with E-state index >= 15 is 4.39 Å². The second-order valence-electron chi connectivity index (χ2n) is 11.8. The summed E-state index contributed by atoms with van der Waals surface area (Å²) >= 11 is 0. The van der Waals surface area contributed by atoms with Gasteiger partial charge in [0.05, 0.1) is 27.0 Å². The van der Waals surface area contributed by atoms with Gasteiger partial charge in [-0.2, -0.15) is 5.10 Å². The predicted octanol–water partition coefficient (Wildman–Crippen LogP) is 4.66. The Labute approximate surface area is 250 Å². The molecule has 0 spiro atoms. The summed E-state index contributed by atoms with van der Waals surface area (Å²) in [5, 5.41) is 5.15. The van der Waals surface area contributed by atoms with Crippen molar-refractivity contribution in [2.75, 3.05) is 40.4 Å². The second-order valence-corrected chi connectivity index (χ2v) is 11.8. The second kappa shape index (κ2) is 12.1. The Morgan fingerprint density at radius 2 is 1.70 bits per heavy atom. The fourth-order valence-electron chi connectivity index (χ4n) is 5.29. The molecule has 10 nitrogen and oxygen atoms in total. The van der Waals surface area contributed by atoms with Crippen LogP contribution in [0.1, 0.15) is 31.9 Å². The first-order valence-electron chi connectivity index (χ1n) is 14.2. The van der Waals surface area contributed by atoms with Crippen molar-refractivity contribution in [1.82, 2.24) is 24.1 Å². The van der Waals surface area contributed by atoms with Crippen molar-refractivity contribution >= 4 is 17.0 Å². The van der Waals surface area contributed by atoms with E-state index in [0.717, 1.165) is 11.3 Å². The number of pyridine rings is 1. The first-order chi connectivity index (χ1) is 20.5. The Kier molecular flexibility index (Phi) is 8.45. The van der Waals surface area contributed by atoms with Crippen molar-refractivity contribution in [3.05, 3.63) is 76.1 Å². The molecule has 0 atom stereocenters. The quantitative estimate of drug-likeness (QED) is 0.309. The number of aromatic nitrogens is 3. The summed E-state index contributed by atoms with van der Waals surface area (Å²) in [5.74, 6) is 0.753. The summed E-state index contributed by atoms with van der Waals surface area (Å²) in [5.41, 5.74) is 2.33. The van der Waals surface area contributed by atoms with Crippen LogP contribution in [0.3, 0.4) is 0 Å². The summed E-state index contributed by atoms with van der Waals surface area (Å²) in [6, 6.07) is 10.9. The lowest BCUT2D eigenvalue weighted by Gasteiger charge is -2.35. The number of methoxy groups -OCH3 is 2. The molecule has 5 rings (SSSR count). The van der Waals surface area contributed by atoms with Gasteiger partial charge in [0.2, 0.25) is 0 Å². The molecule has 3 heterocycles. The number of hydrogen-bond donors (Lipinski definition) is 0. The van der Waals surface area contributed by atoms with E-state index < -0.39 is 11.4 Å². The molecule has 0 unspecified atom stereocenters. The van der Waals surface area contributed by atoms with Crippen LogP contribution in [0.25, 0.3) is 22.0 Å². The largest absolute Gasteiger partial charge is 0.497 e. The lowest BCUT2D eigenvalue weighted by atomic mass is 10.0. The van der Waals surface area contributed by atoms with Crippen molar-refractivity contribution in [1.29, 1.82) is 0 Å². The first-order valence-corrected chi connectivity index (χ1v) is 14.2. The van der Waals surface area contributed by atoms with Gasteiger partial charge < -0.3 is 23.7 Å². The third-order valence-electron chi connectivity index (χ3n) is 7.56. The maximum Gasteiger partial charge on any atom is 0.410 e. The fraction of sp³-hybridized carbons (Fsp3) is 0.406. The molecular formula is C32H38FN5O5. The molecule has 1 aliphatic heterocycles. The van der Waals surface area contributed by atoms with Gasteiger partial charge in [0.1, 0.15) is 28.4 Å². The number of nitrogens with zero attached hydrogens (tertiary/aromatic N) is 5. The predicted molar refractivity (Wildman–Crippen MR) is 162 cm³/mol. The SMILES string of the molecule is COc1ccc(Cn2ncc3c(-c4cc(F)c(CN5CCN(C(=O)OC(C)(C)C)CC5)c(OC)c4)cn(C)c(=O)c32)cc1. The third kappa shape index (κ3) is 6.51. The van der Waals surface area contributed by atoms with Gasteiger partial charge in [-0.15, -0.1) is 0 Å². The number of ether oxygens (including phenoxy) is 3. The molecule has 228 valence electrons. The average molecular weight is 592 g/mol. The summed E-state index contributed by atoms with van der Waals surface area (Å²) < 4.78 is 35.3. The van der Waals surface area contributed by atoms with Gasteiger partial charge in [0, 0.05) is 62.5 Å². The van der Waals surface area contributed by atoms with E-state index in [0.29, 0.717) is 72.6 Å². The zero-order valence-electron chi connectivity index (χ0n) is 25.5. The van der Waals surface area contributed by atoms with Gasteiger partial charge in [-0.05, 0) is 56.2 Å². The number of benzene rings is 2. The summed E-state index contributed by atoms with van der Waals surface area (Å²) in [6.45, 7) is 8.40. The van der Waals surface area contributed by atoms with Gasteiger partial charge in [0.15, 0.2) is 0 Å². The molecule has 43 heavy (non-hydrogen) atoms. The van der Waals surface area contributed by atoms with Crippen LogP contribution in [0, 0.1) is 5.82 Å². The van der Waals surface area contributed by atoms with E-state index in [1.54, 1.807) is 42.2 Å². The molecule has 0 bridgehead atoms. The maximum atomic E-state index is 15.8. The van der Waals surface area contributed by atoms with E-state index in [9.17, 15) is 9.59 Å². The highest BCUT2D eigenvalue weighted by molar-refractivity contribution is 5.94. The molecule has 1 saturated heterocycles. The number of carbonyl (C=O) groups is 1. The molecule has 1 aliphatic rings. The van der Waals surface area contributed by atoms with Crippen molar-refractivity contribution < 1.29 is 23.4 Å². The van der Waals surface area contributed by atoms with Gasteiger partial charge >= 0.3 is 6.09 Å². The summed E-state index contributed by atoms with van der Waals surface area (Å²) in [6.07, 6.45) is 3.02. The van der Waals surface area contributed by atoms with Crippen LogP contribution < -0.4 is 15.0 Å². The summed E-state index contributed by atoms with van der Waals surface area (Å²) in [7, 11) is 4.81. The Morgan fingerprint density at radius 1 is 1.00 bits per heavy atom. The highest BCUT2D eigenvalue weighted by Gasteiger charge is 2.27. The number of hydrogen-bond acceptors (Lipinski definition) is 7. The number of piperazine rings is 1. The van der Waals surface area contributed by atoms with Crippen LogP contribution in [-0.2, 0) is 24.9 Å². The molecule has 2 aromatic heterocycles. The van der Waals surface area contributed by atoms with Crippen LogP contribution in [0.15, 0.2) is 53.6 Å². The Morgan fingerprint density at radius 3 is 2.33 bits per heavy atom. The molecule has 0 radical (unpaired) electrons. The van der Waals surface area contributed by atoms with Crippen LogP contribution in [0.5, 0.6) is 11.5 Å². The van der Waals surface area contributed by atoms with E-state index in [1.807, 2.05) is 45.0 Å². The van der Waals surface area contributed by atoms with Gasteiger partial charge in [-0.25, -0.2) is 9.18 Å². The minimum atomic E-state index is -0.557. The zero-order chi connectivity index (χ0) is 30.9. The molecule has 1 amide bonds. The lowest BCUT2D eigenvalue weighted by molar-refractivity contribution is 0.0137. The van der Waals surface area contributed by atoms with Crippen LogP contribution in [0.2, 0.25) is 0 Å². The molecule has 1 fully saturated rings. The fourth-order valence-corrected chi connectivity index (χ4v) is 5.29. The molecule has 11 heteroatoms. The van der Waals surface area contributed by atoms with E-state index in [2.05, 4.69) is 10.00 Å². The summed E-state index contributed by atoms with van der Waals surface area (Å²) in [4.78, 5) is 29.4. The Hall–Kier alpha value is -4.38. The van der Waals surface area contributed by atoms with Crippen molar-refractivity contribution in [3.8, 4) is 22.6 Å². The number of amides is 1. The molecule has 0 saturated carbocycles. The highest BCUT2D eigenvalue weighted by Crippen LogP contribution is 2.34. The monoisotopic (exact) mass is 591 g/mol. The van der Waals surface area contributed by atoms with Crippen LogP contribution >= 0.6 is 0 Å². The van der Waals surface area contributed by atoms with Crippen LogP contribution in [-0.4, -0.2) is 76.2 Å². The zero-order valence-corrected chi connectivity index (χ0v) is 25.5. The van der Waals surface area contributed by atoms with Gasteiger partial charge in [-0.1, -0.05) is 12.1 Å².